The number of allylic oxidation sites excluding steroid dienone is 4. The second-order valence-electron chi connectivity index (χ2n) is 15.2. The average molecular weight is 729 g/mol. The molecule has 0 saturated heterocycles. The van der Waals surface area contributed by atoms with Crippen molar-refractivity contribution in [1.29, 1.82) is 0 Å². The van der Waals surface area contributed by atoms with Gasteiger partial charge in [0.2, 0.25) is 0 Å². The SMILES string of the molecule is C1=CCC(c2cc(-c3ccccc3)cc3c2c2cc(-c4ccc5c(c4)c4ccccc4n5-c4ccccc4)ccc2n3-c2cccc3c2oc2ccccc23)C=C1. The number of hydrogen-bond donors (Lipinski definition) is 0. The Morgan fingerprint density at radius 1 is 0.439 bits per heavy atom. The first-order valence-electron chi connectivity index (χ1n) is 19.8. The van der Waals surface area contributed by atoms with Crippen LogP contribution in [-0.4, -0.2) is 9.13 Å². The van der Waals surface area contributed by atoms with E-state index >= 15 is 0 Å². The standard InChI is InChI=1S/C54H36N2O/c1-4-15-35(16-5-1)39-33-44(36-17-6-2-7-18-36)53-46-32-38(37-27-29-48-45(31-37)41-21-10-12-24-47(41)55(48)40-19-8-3-9-20-40)28-30-49(46)56(51(53)34-39)50-25-14-23-43-42-22-11-13-26-52(42)57-54(43)50/h1-17,19-34,36H,18H2. The van der Waals surface area contributed by atoms with Gasteiger partial charge in [-0.1, -0.05) is 133 Å². The van der Waals surface area contributed by atoms with E-state index in [4.69, 9.17) is 4.42 Å². The minimum absolute atomic E-state index is 0.242. The van der Waals surface area contributed by atoms with Gasteiger partial charge in [-0.15, -0.1) is 0 Å². The summed E-state index contributed by atoms with van der Waals surface area (Å²) in [7, 11) is 0. The summed E-state index contributed by atoms with van der Waals surface area (Å²) < 4.78 is 11.6. The Morgan fingerprint density at radius 2 is 1.12 bits per heavy atom. The molecular weight excluding hydrogens is 693 g/mol. The first-order valence-corrected chi connectivity index (χ1v) is 19.8. The lowest BCUT2D eigenvalue weighted by molar-refractivity contribution is 0.666. The van der Waals surface area contributed by atoms with Gasteiger partial charge in [-0.05, 0) is 101 Å². The maximum absolute atomic E-state index is 6.73. The molecule has 0 aliphatic heterocycles. The zero-order valence-electron chi connectivity index (χ0n) is 31.1. The van der Waals surface area contributed by atoms with Crippen molar-refractivity contribution in [1.82, 2.24) is 9.13 Å². The van der Waals surface area contributed by atoms with Crippen LogP contribution in [0.25, 0.3) is 99.2 Å². The normalized spacial score (nSPS) is 14.3. The molecule has 3 heteroatoms. The fourth-order valence-electron chi connectivity index (χ4n) is 9.44. The highest BCUT2D eigenvalue weighted by atomic mass is 16.3. The fraction of sp³-hybridized carbons (Fsp3) is 0.0370. The zero-order valence-corrected chi connectivity index (χ0v) is 31.1. The van der Waals surface area contributed by atoms with Gasteiger partial charge in [0, 0.05) is 43.9 Å². The van der Waals surface area contributed by atoms with E-state index in [0.717, 1.165) is 39.6 Å². The third-order valence-electron chi connectivity index (χ3n) is 12.0. The highest BCUT2D eigenvalue weighted by Gasteiger charge is 2.24. The van der Waals surface area contributed by atoms with Crippen LogP contribution in [0.15, 0.2) is 205 Å². The van der Waals surface area contributed by atoms with Crippen LogP contribution in [0.5, 0.6) is 0 Å². The molecule has 0 fully saturated rings. The number of aromatic nitrogens is 2. The van der Waals surface area contributed by atoms with Gasteiger partial charge in [-0.2, -0.15) is 0 Å². The van der Waals surface area contributed by atoms with Crippen LogP contribution >= 0.6 is 0 Å². The second-order valence-corrected chi connectivity index (χ2v) is 15.2. The van der Waals surface area contributed by atoms with Crippen LogP contribution < -0.4 is 0 Å². The van der Waals surface area contributed by atoms with Gasteiger partial charge in [0.15, 0.2) is 5.58 Å². The second kappa shape index (κ2) is 12.6. The summed E-state index contributed by atoms with van der Waals surface area (Å²) in [6.07, 6.45) is 10.00. The monoisotopic (exact) mass is 728 g/mol. The van der Waals surface area contributed by atoms with Crippen molar-refractivity contribution < 1.29 is 4.42 Å². The number of hydrogen-bond acceptors (Lipinski definition) is 1. The van der Waals surface area contributed by atoms with E-state index in [0.29, 0.717) is 0 Å². The molecule has 0 saturated carbocycles. The average Bonchev–Trinajstić information content (AvgIpc) is 3.94. The van der Waals surface area contributed by atoms with Crippen molar-refractivity contribution in [2.45, 2.75) is 12.3 Å². The first kappa shape index (κ1) is 31.9. The number of nitrogens with zero attached hydrogens (tertiary/aromatic N) is 2. The summed E-state index contributed by atoms with van der Waals surface area (Å²) in [6.45, 7) is 0. The Kier molecular flexibility index (Phi) is 7.05. The molecule has 11 aromatic rings. The Bertz CT molecular complexity index is 3430. The smallest absolute Gasteiger partial charge is 0.159 e. The lowest BCUT2D eigenvalue weighted by Gasteiger charge is -2.18. The first-order chi connectivity index (χ1) is 28.3. The van der Waals surface area contributed by atoms with E-state index in [1.165, 1.54) is 71.6 Å². The van der Waals surface area contributed by atoms with E-state index in [1.54, 1.807) is 0 Å². The van der Waals surface area contributed by atoms with Crippen molar-refractivity contribution >= 4 is 65.6 Å². The third kappa shape index (κ3) is 4.92. The number of furan rings is 1. The Labute approximate surface area is 329 Å². The largest absolute Gasteiger partial charge is 0.454 e. The minimum Gasteiger partial charge on any atom is -0.454 e. The van der Waals surface area contributed by atoms with Gasteiger partial charge in [0.1, 0.15) is 5.58 Å². The minimum atomic E-state index is 0.242. The maximum atomic E-state index is 6.73. The highest BCUT2D eigenvalue weighted by molar-refractivity contribution is 6.16. The van der Waals surface area contributed by atoms with Crippen LogP contribution in [0.3, 0.4) is 0 Å². The Balaban J connectivity index is 1.16. The van der Waals surface area contributed by atoms with Crippen LogP contribution in [0.1, 0.15) is 17.9 Å². The van der Waals surface area contributed by atoms with Gasteiger partial charge in [0.25, 0.3) is 0 Å². The molecule has 268 valence electrons. The summed E-state index contributed by atoms with van der Waals surface area (Å²) >= 11 is 0. The lowest BCUT2D eigenvalue weighted by atomic mass is 9.87. The lowest BCUT2D eigenvalue weighted by Crippen LogP contribution is -1.99. The van der Waals surface area contributed by atoms with E-state index in [2.05, 4.69) is 203 Å². The molecule has 57 heavy (non-hydrogen) atoms. The topological polar surface area (TPSA) is 23.0 Å². The molecule has 8 aromatic carbocycles. The zero-order chi connectivity index (χ0) is 37.5. The molecule has 3 nitrogen and oxygen atoms in total. The molecule has 1 unspecified atom stereocenters. The summed E-state index contributed by atoms with van der Waals surface area (Å²) in [5, 5.41) is 7.27. The molecule has 0 amide bonds. The Hall–Kier alpha value is -7.36. The number of fused-ring (bicyclic) bond motifs is 9. The van der Waals surface area contributed by atoms with Crippen molar-refractivity contribution in [3.05, 3.63) is 206 Å². The van der Waals surface area contributed by atoms with Crippen molar-refractivity contribution in [2.75, 3.05) is 0 Å². The van der Waals surface area contributed by atoms with Gasteiger partial charge >= 0.3 is 0 Å². The van der Waals surface area contributed by atoms with Crippen LogP contribution in [0.2, 0.25) is 0 Å². The molecule has 0 radical (unpaired) electrons. The van der Waals surface area contributed by atoms with Crippen LogP contribution in [0, 0.1) is 0 Å². The Morgan fingerprint density at radius 3 is 1.93 bits per heavy atom. The molecule has 1 aliphatic rings. The van der Waals surface area contributed by atoms with Gasteiger partial charge in [-0.25, -0.2) is 0 Å². The number of para-hydroxylation sites is 4. The van der Waals surface area contributed by atoms with Crippen molar-refractivity contribution in [2.24, 2.45) is 0 Å². The summed E-state index contributed by atoms with van der Waals surface area (Å²) in [4.78, 5) is 0. The van der Waals surface area contributed by atoms with E-state index in [-0.39, 0.29) is 5.92 Å². The molecule has 1 aliphatic carbocycles. The molecule has 12 rings (SSSR count). The summed E-state index contributed by atoms with van der Waals surface area (Å²) in [6, 6.07) is 64.0. The highest BCUT2D eigenvalue weighted by Crippen LogP contribution is 2.45. The van der Waals surface area contributed by atoms with Crippen LogP contribution in [0.4, 0.5) is 0 Å². The molecule has 0 spiro atoms. The molecule has 3 heterocycles. The molecule has 3 aromatic heterocycles. The molecule has 0 bridgehead atoms. The third-order valence-corrected chi connectivity index (χ3v) is 12.0. The molecular formula is C54H36N2O. The van der Waals surface area contributed by atoms with E-state index in [1.807, 2.05) is 6.07 Å². The summed E-state index contributed by atoms with van der Waals surface area (Å²) in [5.74, 6) is 0.242. The predicted octanol–water partition coefficient (Wildman–Crippen LogP) is 14.7. The van der Waals surface area contributed by atoms with Crippen molar-refractivity contribution in [3.63, 3.8) is 0 Å². The number of rotatable bonds is 5. The molecule has 1 atom stereocenters. The predicted molar refractivity (Wildman–Crippen MR) is 239 cm³/mol. The maximum Gasteiger partial charge on any atom is 0.159 e. The summed E-state index contributed by atoms with van der Waals surface area (Å²) in [5.41, 5.74) is 14.9. The fourth-order valence-corrected chi connectivity index (χ4v) is 9.44. The van der Waals surface area contributed by atoms with Gasteiger partial charge in [-0.3, -0.25) is 0 Å². The quantitative estimate of drug-likeness (QED) is 0.173. The van der Waals surface area contributed by atoms with Gasteiger partial charge in [0.05, 0.1) is 27.8 Å². The molecule has 0 N–H and O–H groups in total. The van der Waals surface area contributed by atoms with Gasteiger partial charge < -0.3 is 13.6 Å². The van der Waals surface area contributed by atoms with E-state index in [9.17, 15) is 0 Å². The van der Waals surface area contributed by atoms with E-state index < -0.39 is 0 Å². The van der Waals surface area contributed by atoms with Crippen LogP contribution in [-0.2, 0) is 0 Å². The van der Waals surface area contributed by atoms with Crippen molar-refractivity contribution in [3.8, 4) is 33.6 Å². The number of benzene rings is 8.